The second-order valence-corrected chi connectivity index (χ2v) is 5.79. The first-order chi connectivity index (χ1) is 11.4. The zero-order chi connectivity index (χ0) is 17.3. The monoisotopic (exact) mass is 325 g/mol. The van der Waals surface area contributed by atoms with Gasteiger partial charge in [-0.25, -0.2) is 9.59 Å². The molecule has 0 aliphatic carbocycles. The molecular weight excluding hydrogens is 310 g/mol. The van der Waals surface area contributed by atoms with Crippen LogP contribution in [0.1, 0.15) is 33.2 Å². The van der Waals surface area contributed by atoms with Gasteiger partial charge in [-0.2, -0.15) is 0 Å². The molecule has 24 heavy (non-hydrogen) atoms. The Morgan fingerprint density at radius 2 is 1.79 bits per heavy atom. The number of hydrogen-bond acceptors (Lipinski definition) is 4. The van der Waals surface area contributed by atoms with Crippen LogP contribution in [0, 0.1) is 0 Å². The number of rotatable bonds is 3. The molecule has 2 aromatic rings. The van der Waals surface area contributed by atoms with E-state index in [0.29, 0.717) is 11.3 Å². The van der Waals surface area contributed by atoms with Gasteiger partial charge in [0.05, 0.1) is 11.1 Å². The smallest absolute Gasteiger partial charge is 0.339 e. The normalized spacial score (nSPS) is 19.1. The number of carboxylic acids is 1. The van der Waals surface area contributed by atoms with E-state index in [-0.39, 0.29) is 12.0 Å². The molecule has 2 N–H and O–H groups in total. The Hall–Kier alpha value is -3.15. The molecule has 0 saturated heterocycles. The highest BCUT2D eigenvalue weighted by molar-refractivity contribution is 6.02. The summed E-state index contributed by atoms with van der Waals surface area (Å²) < 4.78 is 5.35. The van der Waals surface area contributed by atoms with Crippen molar-refractivity contribution >= 4 is 23.5 Å². The minimum absolute atomic E-state index is 0.122. The van der Waals surface area contributed by atoms with Gasteiger partial charge in [-0.1, -0.05) is 18.2 Å². The van der Waals surface area contributed by atoms with Crippen molar-refractivity contribution in [1.82, 2.24) is 0 Å². The Kier molecular flexibility index (Phi) is 3.81. The number of hydrogen-bond donors (Lipinski definition) is 2. The first-order valence-electron chi connectivity index (χ1n) is 7.35. The molecule has 1 atom stereocenters. The number of nitrogens with one attached hydrogen (secondary N) is 1. The number of carbonyl (C=O) groups excluding carboxylic acids is 2. The molecule has 2 aromatic carbocycles. The largest absolute Gasteiger partial charge is 0.478 e. The lowest BCUT2D eigenvalue weighted by molar-refractivity contribution is -0.134. The van der Waals surface area contributed by atoms with Crippen LogP contribution in [0.4, 0.5) is 5.69 Å². The van der Waals surface area contributed by atoms with Gasteiger partial charge < -0.3 is 15.2 Å². The number of esters is 1. The Balaban J connectivity index is 1.80. The van der Waals surface area contributed by atoms with E-state index >= 15 is 0 Å². The molecule has 0 saturated carbocycles. The maximum Gasteiger partial charge on any atom is 0.339 e. The van der Waals surface area contributed by atoms with Gasteiger partial charge in [-0.15, -0.1) is 0 Å². The summed E-state index contributed by atoms with van der Waals surface area (Å²) in [5.41, 5.74) is 0.455. The van der Waals surface area contributed by atoms with Crippen molar-refractivity contribution in [2.75, 3.05) is 5.32 Å². The van der Waals surface area contributed by atoms with Crippen molar-refractivity contribution in [3.63, 3.8) is 0 Å². The number of aromatic carboxylic acids is 1. The molecule has 1 aliphatic rings. The molecule has 0 bridgehead atoms. The Labute approximate surface area is 138 Å². The van der Waals surface area contributed by atoms with Crippen LogP contribution in [-0.4, -0.2) is 28.6 Å². The van der Waals surface area contributed by atoms with Crippen molar-refractivity contribution in [3.8, 4) is 0 Å². The van der Waals surface area contributed by atoms with Gasteiger partial charge in [0.1, 0.15) is 0 Å². The van der Waals surface area contributed by atoms with Gasteiger partial charge in [0, 0.05) is 12.1 Å². The number of amides is 1. The summed E-state index contributed by atoms with van der Waals surface area (Å²) in [6, 6.07) is 12.8. The Bertz CT molecular complexity index is 828. The standard InChI is InChI=1S/C18H15NO5/c1-18(10-12-4-2-3-5-14(12)16(22)24-18)17(23)19-13-8-6-11(7-9-13)15(20)21/h2-9H,10H2,1H3,(H,19,23)(H,20,21)/t18-/m0/s1. The molecular formula is C18H15NO5. The highest BCUT2D eigenvalue weighted by atomic mass is 16.6. The van der Waals surface area contributed by atoms with E-state index in [2.05, 4.69) is 5.32 Å². The minimum atomic E-state index is -1.32. The second kappa shape index (κ2) is 5.81. The lowest BCUT2D eigenvalue weighted by Crippen LogP contribution is -2.48. The average molecular weight is 325 g/mol. The lowest BCUT2D eigenvalue weighted by Gasteiger charge is -2.33. The molecule has 122 valence electrons. The molecule has 3 rings (SSSR count). The zero-order valence-electron chi connectivity index (χ0n) is 12.9. The maximum absolute atomic E-state index is 12.6. The molecule has 0 fully saturated rings. The summed E-state index contributed by atoms with van der Waals surface area (Å²) in [4.78, 5) is 35.5. The van der Waals surface area contributed by atoms with Crippen LogP contribution in [0.15, 0.2) is 48.5 Å². The van der Waals surface area contributed by atoms with Crippen LogP contribution in [-0.2, 0) is 16.0 Å². The average Bonchev–Trinajstić information content (AvgIpc) is 2.55. The van der Waals surface area contributed by atoms with Crippen LogP contribution in [0.3, 0.4) is 0 Å². The topological polar surface area (TPSA) is 92.7 Å². The van der Waals surface area contributed by atoms with Gasteiger partial charge in [0.15, 0.2) is 5.60 Å². The molecule has 0 radical (unpaired) electrons. The number of carboxylic acid groups (broad SMARTS) is 1. The van der Waals surface area contributed by atoms with Gasteiger partial charge in [-0.05, 0) is 42.8 Å². The van der Waals surface area contributed by atoms with Crippen molar-refractivity contribution in [2.24, 2.45) is 0 Å². The summed E-state index contributed by atoms with van der Waals surface area (Å²) in [6.07, 6.45) is 0.272. The summed E-state index contributed by atoms with van der Waals surface area (Å²) >= 11 is 0. The van der Waals surface area contributed by atoms with Crippen molar-refractivity contribution in [3.05, 3.63) is 65.2 Å². The molecule has 6 nitrogen and oxygen atoms in total. The second-order valence-electron chi connectivity index (χ2n) is 5.79. The third-order valence-electron chi connectivity index (χ3n) is 3.95. The highest BCUT2D eigenvalue weighted by Gasteiger charge is 2.42. The fourth-order valence-electron chi connectivity index (χ4n) is 2.62. The zero-order valence-corrected chi connectivity index (χ0v) is 12.9. The van der Waals surface area contributed by atoms with Crippen molar-refractivity contribution in [2.45, 2.75) is 18.9 Å². The van der Waals surface area contributed by atoms with Crippen LogP contribution >= 0.6 is 0 Å². The number of ether oxygens (including phenoxy) is 1. The lowest BCUT2D eigenvalue weighted by atomic mass is 9.89. The summed E-state index contributed by atoms with van der Waals surface area (Å²) in [7, 11) is 0. The van der Waals surface area contributed by atoms with E-state index in [0.717, 1.165) is 5.56 Å². The molecule has 1 heterocycles. The molecule has 0 aromatic heterocycles. The molecule has 6 heteroatoms. The predicted octanol–water partition coefficient (Wildman–Crippen LogP) is 2.50. The minimum Gasteiger partial charge on any atom is -0.478 e. The fraction of sp³-hybridized carbons (Fsp3) is 0.167. The summed E-state index contributed by atoms with van der Waals surface area (Å²) in [6.45, 7) is 1.56. The number of anilines is 1. The van der Waals surface area contributed by atoms with Gasteiger partial charge in [0.2, 0.25) is 0 Å². The van der Waals surface area contributed by atoms with E-state index in [4.69, 9.17) is 9.84 Å². The van der Waals surface area contributed by atoms with Crippen LogP contribution in [0.25, 0.3) is 0 Å². The van der Waals surface area contributed by atoms with E-state index in [9.17, 15) is 14.4 Å². The Morgan fingerprint density at radius 3 is 2.46 bits per heavy atom. The quantitative estimate of drug-likeness (QED) is 0.846. The molecule has 1 amide bonds. The fourth-order valence-corrected chi connectivity index (χ4v) is 2.62. The van der Waals surface area contributed by atoms with Crippen LogP contribution < -0.4 is 5.32 Å². The van der Waals surface area contributed by atoms with Crippen molar-refractivity contribution in [1.29, 1.82) is 0 Å². The SMILES string of the molecule is C[C@@]1(C(=O)Nc2ccc(C(=O)O)cc2)Cc2ccccc2C(=O)O1. The molecule has 0 unspecified atom stereocenters. The maximum atomic E-state index is 12.6. The van der Waals surface area contributed by atoms with Crippen molar-refractivity contribution < 1.29 is 24.2 Å². The van der Waals surface area contributed by atoms with Gasteiger partial charge in [0.25, 0.3) is 5.91 Å². The molecule has 0 spiro atoms. The van der Waals surface area contributed by atoms with E-state index in [1.54, 1.807) is 31.2 Å². The number of cyclic esters (lactones) is 1. The van der Waals surface area contributed by atoms with Crippen LogP contribution in [0.2, 0.25) is 0 Å². The third-order valence-corrected chi connectivity index (χ3v) is 3.95. The Morgan fingerprint density at radius 1 is 1.12 bits per heavy atom. The highest BCUT2D eigenvalue weighted by Crippen LogP contribution is 2.29. The number of benzene rings is 2. The van der Waals surface area contributed by atoms with Gasteiger partial charge in [-0.3, -0.25) is 4.79 Å². The number of fused-ring (bicyclic) bond motifs is 1. The van der Waals surface area contributed by atoms with E-state index in [1.807, 2.05) is 0 Å². The predicted molar refractivity (Wildman–Crippen MR) is 86.0 cm³/mol. The first-order valence-corrected chi connectivity index (χ1v) is 7.35. The third kappa shape index (κ3) is 2.86. The van der Waals surface area contributed by atoms with E-state index < -0.39 is 23.4 Å². The molecule has 1 aliphatic heterocycles. The van der Waals surface area contributed by atoms with E-state index in [1.165, 1.54) is 24.3 Å². The summed E-state index contributed by atoms with van der Waals surface area (Å²) in [5, 5.41) is 11.5. The summed E-state index contributed by atoms with van der Waals surface area (Å²) in [5.74, 6) is -2.04. The van der Waals surface area contributed by atoms with Gasteiger partial charge >= 0.3 is 11.9 Å². The first kappa shape index (κ1) is 15.7. The van der Waals surface area contributed by atoms with Crippen LogP contribution in [0.5, 0.6) is 0 Å². The number of carbonyl (C=O) groups is 3.